The summed E-state index contributed by atoms with van der Waals surface area (Å²) < 4.78 is 34.6. The molecule has 0 bridgehead atoms. The molecule has 0 rings (SSSR count). The summed E-state index contributed by atoms with van der Waals surface area (Å²) in [6, 6.07) is 0. The molecule has 5 heteroatoms. The normalized spacial score (nSPS) is 11.0. The largest absolute Gasteiger partial charge is 0.450 e. The van der Waals surface area contributed by atoms with Gasteiger partial charge in [-0.3, -0.25) is 9.59 Å². The van der Waals surface area contributed by atoms with Crippen molar-refractivity contribution in [3.05, 3.63) is 12.2 Å². The standard InChI is InChI=1S/C7H7F3O2/c1-4(2)5(11)3-6(12)7(8,9)10/h1,3H2,2H3. The number of alkyl halides is 3. The molecule has 0 N–H and O–H groups in total. The Balaban J connectivity index is 4.21. The van der Waals surface area contributed by atoms with Gasteiger partial charge in [-0.15, -0.1) is 0 Å². The van der Waals surface area contributed by atoms with Gasteiger partial charge >= 0.3 is 6.18 Å². The lowest BCUT2D eigenvalue weighted by Gasteiger charge is -2.03. The van der Waals surface area contributed by atoms with Gasteiger partial charge in [-0.1, -0.05) is 6.58 Å². The number of hydrogen-bond acceptors (Lipinski definition) is 2. The average Bonchev–Trinajstić information content (AvgIpc) is 1.85. The Labute approximate surface area is 67.1 Å². The number of Topliss-reactive ketones (excluding diaryl/α,β-unsaturated/α-hetero) is 2. The zero-order valence-electron chi connectivity index (χ0n) is 6.36. The Bertz CT molecular complexity index is 227. The van der Waals surface area contributed by atoms with E-state index >= 15 is 0 Å². The van der Waals surface area contributed by atoms with Crippen LogP contribution in [0.3, 0.4) is 0 Å². The van der Waals surface area contributed by atoms with Gasteiger partial charge in [0.25, 0.3) is 0 Å². The van der Waals surface area contributed by atoms with E-state index in [0.717, 1.165) is 0 Å². The molecule has 0 aliphatic carbocycles. The second kappa shape index (κ2) is 3.51. The van der Waals surface area contributed by atoms with Crippen molar-refractivity contribution in [2.45, 2.75) is 19.5 Å². The molecule has 0 heterocycles. The van der Waals surface area contributed by atoms with Crippen LogP contribution in [-0.4, -0.2) is 17.7 Å². The minimum Gasteiger partial charge on any atom is -0.294 e. The van der Waals surface area contributed by atoms with Crippen molar-refractivity contribution in [1.29, 1.82) is 0 Å². The first kappa shape index (κ1) is 10.9. The molecule has 0 aromatic carbocycles. The molecule has 0 saturated heterocycles. The third-order valence-corrected chi connectivity index (χ3v) is 1.11. The van der Waals surface area contributed by atoms with Crippen LogP contribution in [0.5, 0.6) is 0 Å². The Morgan fingerprint density at radius 2 is 1.75 bits per heavy atom. The van der Waals surface area contributed by atoms with Gasteiger partial charge in [0.2, 0.25) is 5.78 Å². The summed E-state index contributed by atoms with van der Waals surface area (Å²) in [5.74, 6) is -2.91. The summed E-state index contributed by atoms with van der Waals surface area (Å²) >= 11 is 0. The van der Waals surface area contributed by atoms with Crippen LogP contribution in [0.2, 0.25) is 0 Å². The number of carbonyl (C=O) groups is 2. The maximum absolute atomic E-state index is 11.5. The molecule has 12 heavy (non-hydrogen) atoms. The number of allylic oxidation sites excluding steroid dienone is 1. The molecule has 0 fully saturated rings. The predicted molar refractivity (Wildman–Crippen MR) is 35.5 cm³/mol. The average molecular weight is 180 g/mol. The maximum Gasteiger partial charge on any atom is 0.450 e. The number of halogens is 3. The second-order valence-corrected chi connectivity index (χ2v) is 2.30. The highest BCUT2D eigenvalue weighted by atomic mass is 19.4. The van der Waals surface area contributed by atoms with E-state index in [4.69, 9.17) is 0 Å². The summed E-state index contributed by atoms with van der Waals surface area (Å²) in [4.78, 5) is 20.8. The van der Waals surface area contributed by atoms with Crippen LogP contribution >= 0.6 is 0 Å². The van der Waals surface area contributed by atoms with Gasteiger partial charge in [0.05, 0.1) is 6.42 Å². The van der Waals surface area contributed by atoms with E-state index in [-0.39, 0.29) is 5.57 Å². The van der Waals surface area contributed by atoms with E-state index in [1.165, 1.54) is 6.92 Å². The molecular formula is C7H7F3O2. The lowest BCUT2D eigenvalue weighted by Crippen LogP contribution is -2.25. The van der Waals surface area contributed by atoms with E-state index < -0.39 is 24.2 Å². The molecule has 0 spiro atoms. The molecule has 0 aromatic rings. The fourth-order valence-electron chi connectivity index (χ4n) is 0.397. The van der Waals surface area contributed by atoms with Crippen LogP contribution in [0.15, 0.2) is 12.2 Å². The Kier molecular flexibility index (Phi) is 3.18. The summed E-state index contributed by atoms with van der Waals surface area (Å²) in [7, 11) is 0. The van der Waals surface area contributed by atoms with Gasteiger partial charge in [-0.25, -0.2) is 0 Å². The minimum absolute atomic E-state index is 0.0485. The van der Waals surface area contributed by atoms with Gasteiger partial charge in [-0.2, -0.15) is 13.2 Å². The third kappa shape index (κ3) is 3.32. The minimum atomic E-state index is -4.93. The first-order chi connectivity index (χ1) is 5.25. The molecule has 2 nitrogen and oxygen atoms in total. The first-order valence-corrected chi connectivity index (χ1v) is 3.04. The molecule has 0 unspecified atom stereocenters. The third-order valence-electron chi connectivity index (χ3n) is 1.11. The van der Waals surface area contributed by atoms with Crippen molar-refractivity contribution < 1.29 is 22.8 Å². The first-order valence-electron chi connectivity index (χ1n) is 3.04. The van der Waals surface area contributed by atoms with E-state index in [1.54, 1.807) is 0 Å². The van der Waals surface area contributed by atoms with E-state index in [1.807, 2.05) is 0 Å². The molecule has 68 valence electrons. The van der Waals surface area contributed by atoms with Crippen molar-refractivity contribution in [1.82, 2.24) is 0 Å². The van der Waals surface area contributed by atoms with E-state index in [0.29, 0.717) is 0 Å². The highest BCUT2D eigenvalue weighted by molar-refractivity contribution is 6.08. The highest BCUT2D eigenvalue weighted by Gasteiger charge is 2.38. The smallest absolute Gasteiger partial charge is 0.294 e. The monoisotopic (exact) mass is 180 g/mol. The topological polar surface area (TPSA) is 34.1 Å². The predicted octanol–water partition coefficient (Wildman–Crippen LogP) is 1.65. The second-order valence-electron chi connectivity index (χ2n) is 2.30. The van der Waals surface area contributed by atoms with Crippen LogP contribution in [0.1, 0.15) is 13.3 Å². The molecule has 0 saturated carbocycles. The highest BCUT2D eigenvalue weighted by Crippen LogP contribution is 2.18. The fraction of sp³-hybridized carbons (Fsp3) is 0.429. The van der Waals surface area contributed by atoms with E-state index in [9.17, 15) is 22.8 Å². The number of rotatable bonds is 3. The lowest BCUT2D eigenvalue weighted by molar-refractivity contribution is -0.171. The molecule has 0 amide bonds. The molecule has 0 aliphatic rings. The van der Waals surface area contributed by atoms with Crippen LogP contribution in [0.4, 0.5) is 13.2 Å². The molecular weight excluding hydrogens is 173 g/mol. The van der Waals surface area contributed by atoms with Crippen LogP contribution in [0, 0.1) is 0 Å². The van der Waals surface area contributed by atoms with Crippen LogP contribution in [-0.2, 0) is 9.59 Å². The zero-order chi connectivity index (χ0) is 9.94. The lowest BCUT2D eigenvalue weighted by atomic mass is 10.1. The van der Waals surface area contributed by atoms with E-state index in [2.05, 4.69) is 6.58 Å². The van der Waals surface area contributed by atoms with Crippen molar-refractivity contribution in [2.24, 2.45) is 0 Å². The molecule has 0 radical (unpaired) electrons. The number of hydrogen-bond donors (Lipinski definition) is 0. The summed E-state index contributed by atoms with van der Waals surface area (Å²) in [5, 5.41) is 0. The van der Waals surface area contributed by atoms with Gasteiger partial charge < -0.3 is 0 Å². The molecule has 0 aromatic heterocycles. The summed E-state index contributed by atoms with van der Waals surface area (Å²) in [6.45, 7) is 4.38. The van der Waals surface area contributed by atoms with Crippen molar-refractivity contribution in [3.8, 4) is 0 Å². The Hall–Kier alpha value is -1.13. The van der Waals surface area contributed by atoms with Gasteiger partial charge in [-0.05, 0) is 12.5 Å². The molecule has 0 atom stereocenters. The zero-order valence-corrected chi connectivity index (χ0v) is 6.36. The summed E-state index contributed by atoms with van der Waals surface area (Å²) in [6.07, 6.45) is -6.07. The SMILES string of the molecule is C=C(C)C(=O)CC(=O)C(F)(F)F. The fourth-order valence-corrected chi connectivity index (χ4v) is 0.397. The van der Waals surface area contributed by atoms with Gasteiger partial charge in [0.15, 0.2) is 5.78 Å². The Morgan fingerprint density at radius 3 is 2.00 bits per heavy atom. The summed E-state index contributed by atoms with van der Waals surface area (Å²) in [5.41, 5.74) is -0.0485. The van der Waals surface area contributed by atoms with Gasteiger partial charge in [0, 0.05) is 0 Å². The quantitative estimate of drug-likeness (QED) is 0.488. The maximum atomic E-state index is 11.5. The van der Waals surface area contributed by atoms with Crippen LogP contribution in [0.25, 0.3) is 0 Å². The van der Waals surface area contributed by atoms with Crippen molar-refractivity contribution in [3.63, 3.8) is 0 Å². The number of carbonyl (C=O) groups excluding carboxylic acids is 2. The molecule has 0 aliphatic heterocycles. The van der Waals surface area contributed by atoms with Crippen molar-refractivity contribution in [2.75, 3.05) is 0 Å². The van der Waals surface area contributed by atoms with Gasteiger partial charge in [0.1, 0.15) is 0 Å². The Morgan fingerprint density at radius 1 is 1.33 bits per heavy atom. The number of ketones is 2. The van der Waals surface area contributed by atoms with Crippen molar-refractivity contribution >= 4 is 11.6 Å². The van der Waals surface area contributed by atoms with Crippen LogP contribution < -0.4 is 0 Å².